The zero-order valence-electron chi connectivity index (χ0n) is 10.6. The first kappa shape index (κ1) is 15.6. The molecule has 0 aliphatic heterocycles. The molecule has 0 aliphatic rings. The number of nitrogens with zero attached hydrogens (tertiary/aromatic N) is 2. The van der Waals surface area contributed by atoms with Crippen molar-refractivity contribution in [1.29, 1.82) is 5.26 Å². The number of aromatic nitrogens is 1. The van der Waals surface area contributed by atoms with E-state index in [2.05, 4.69) is 10.3 Å². The average molecular weight is 338 g/mol. The van der Waals surface area contributed by atoms with Crippen molar-refractivity contribution in [1.82, 2.24) is 4.98 Å². The number of carbonyl (C=O) groups is 1. The van der Waals surface area contributed by atoms with E-state index in [0.29, 0.717) is 26.3 Å². The normalized spacial score (nSPS) is 9.95. The van der Waals surface area contributed by atoms with Gasteiger partial charge >= 0.3 is 0 Å². The number of pyridine rings is 1. The number of amides is 1. The van der Waals surface area contributed by atoms with Gasteiger partial charge in [-0.15, -0.1) is 0 Å². The predicted molar refractivity (Wildman–Crippen MR) is 84.8 cm³/mol. The van der Waals surface area contributed by atoms with Gasteiger partial charge in [-0.05, 0) is 24.3 Å². The summed E-state index contributed by atoms with van der Waals surface area (Å²) in [5, 5.41) is 12.8. The Morgan fingerprint density at radius 2 is 2.14 bits per heavy atom. The zero-order chi connectivity index (χ0) is 15.2. The lowest BCUT2D eigenvalue weighted by atomic mass is 10.3. The summed E-state index contributed by atoms with van der Waals surface area (Å²) in [5.41, 5.74) is 0.896. The van der Waals surface area contributed by atoms with Gasteiger partial charge < -0.3 is 5.32 Å². The highest BCUT2D eigenvalue weighted by Gasteiger charge is 2.10. The largest absolute Gasteiger partial charge is 0.324 e. The summed E-state index contributed by atoms with van der Waals surface area (Å²) in [4.78, 5) is 16.0. The summed E-state index contributed by atoms with van der Waals surface area (Å²) in [7, 11) is 0. The van der Waals surface area contributed by atoms with Gasteiger partial charge in [0.15, 0.2) is 0 Å². The Bertz CT molecular complexity index is 716. The van der Waals surface area contributed by atoms with Gasteiger partial charge in [-0.3, -0.25) is 4.79 Å². The van der Waals surface area contributed by atoms with E-state index in [1.807, 2.05) is 6.07 Å². The van der Waals surface area contributed by atoms with Gasteiger partial charge in [0.25, 0.3) is 0 Å². The van der Waals surface area contributed by atoms with Gasteiger partial charge in [-0.1, -0.05) is 41.0 Å². The molecule has 0 bridgehead atoms. The van der Waals surface area contributed by atoms with Crippen LogP contribution in [0.5, 0.6) is 0 Å². The van der Waals surface area contributed by atoms with Crippen LogP contribution in [-0.2, 0) is 4.79 Å². The van der Waals surface area contributed by atoms with Crippen LogP contribution in [0.3, 0.4) is 0 Å². The molecular weight excluding hydrogens is 329 g/mol. The van der Waals surface area contributed by atoms with Crippen LogP contribution < -0.4 is 5.32 Å². The van der Waals surface area contributed by atoms with Crippen LogP contribution in [0, 0.1) is 11.3 Å². The number of nitriles is 1. The second-order valence-corrected chi connectivity index (χ2v) is 5.66. The standard InChI is InChI=1S/C14H9Cl2N3OS/c15-10-4-1-5-11(13(10)16)19-12(20)8-21-14-9(7-17)3-2-6-18-14/h1-6H,8H2,(H,19,20). The van der Waals surface area contributed by atoms with Gasteiger partial charge in [-0.2, -0.15) is 5.26 Å². The molecule has 0 saturated carbocycles. The zero-order valence-corrected chi connectivity index (χ0v) is 13.0. The molecule has 2 rings (SSSR count). The number of halogens is 2. The molecule has 0 spiro atoms. The van der Waals surface area contributed by atoms with Crippen LogP contribution in [0.15, 0.2) is 41.6 Å². The Labute approximate surface area is 136 Å². The summed E-state index contributed by atoms with van der Waals surface area (Å²) in [6.07, 6.45) is 1.58. The summed E-state index contributed by atoms with van der Waals surface area (Å²) >= 11 is 13.1. The van der Waals surface area contributed by atoms with Crippen molar-refractivity contribution in [2.75, 3.05) is 11.1 Å². The number of anilines is 1. The van der Waals surface area contributed by atoms with Crippen LogP contribution in [0.2, 0.25) is 10.0 Å². The van der Waals surface area contributed by atoms with Crippen LogP contribution in [0.25, 0.3) is 0 Å². The maximum absolute atomic E-state index is 11.9. The van der Waals surface area contributed by atoms with Crippen molar-refractivity contribution in [2.24, 2.45) is 0 Å². The molecule has 106 valence electrons. The quantitative estimate of drug-likeness (QED) is 0.856. The van der Waals surface area contributed by atoms with Crippen molar-refractivity contribution >= 4 is 46.6 Å². The molecule has 0 atom stereocenters. The van der Waals surface area contributed by atoms with Crippen LogP contribution in [-0.4, -0.2) is 16.6 Å². The molecule has 4 nitrogen and oxygen atoms in total. The minimum absolute atomic E-state index is 0.120. The van der Waals surface area contributed by atoms with E-state index in [0.717, 1.165) is 0 Å². The molecule has 0 aliphatic carbocycles. The van der Waals surface area contributed by atoms with Gasteiger partial charge in [-0.25, -0.2) is 4.98 Å². The third kappa shape index (κ3) is 4.11. The molecule has 7 heteroatoms. The lowest BCUT2D eigenvalue weighted by Gasteiger charge is -2.08. The van der Waals surface area contributed by atoms with Crippen LogP contribution in [0.4, 0.5) is 5.69 Å². The Hall–Kier alpha value is -1.74. The number of benzene rings is 1. The number of rotatable bonds is 4. The highest BCUT2D eigenvalue weighted by atomic mass is 35.5. The van der Waals surface area contributed by atoms with Crippen molar-refractivity contribution in [3.63, 3.8) is 0 Å². The highest BCUT2D eigenvalue weighted by molar-refractivity contribution is 8.00. The van der Waals surface area contributed by atoms with Gasteiger partial charge in [0.1, 0.15) is 11.1 Å². The van der Waals surface area contributed by atoms with Crippen LogP contribution in [0.1, 0.15) is 5.56 Å². The number of hydrogen-bond donors (Lipinski definition) is 1. The van der Waals surface area contributed by atoms with E-state index >= 15 is 0 Å². The molecule has 1 aromatic heterocycles. The van der Waals surface area contributed by atoms with E-state index in [1.165, 1.54) is 11.8 Å². The molecule has 21 heavy (non-hydrogen) atoms. The topological polar surface area (TPSA) is 65.8 Å². The number of hydrogen-bond acceptors (Lipinski definition) is 4. The minimum Gasteiger partial charge on any atom is -0.324 e. The molecule has 1 N–H and O–H groups in total. The summed E-state index contributed by atoms with van der Waals surface area (Å²) in [6.45, 7) is 0. The lowest BCUT2D eigenvalue weighted by molar-refractivity contribution is -0.113. The molecule has 0 radical (unpaired) electrons. The molecular formula is C14H9Cl2N3OS. The molecule has 0 fully saturated rings. The summed E-state index contributed by atoms with van der Waals surface area (Å²) in [5.74, 6) is -0.132. The van der Waals surface area contributed by atoms with Crippen molar-refractivity contribution in [3.8, 4) is 6.07 Å². The Balaban J connectivity index is 2.00. The molecule has 1 heterocycles. The van der Waals surface area contributed by atoms with Crippen molar-refractivity contribution in [2.45, 2.75) is 5.03 Å². The smallest absolute Gasteiger partial charge is 0.234 e. The molecule has 0 saturated heterocycles. The van der Waals surface area contributed by atoms with Gasteiger partial charge in [0.2, 0.25) is 5.91 Å². The Morgan fingerprint density at radius 3 is 2.90 bits per heavy atom. The van der Waals surface area contributed by atoms with E-state index in [-0.39, 0.29) is 11.7 Å². The van der Waals surface area contributed by atoms with E-state index < -0.39 is 0 Å². The van der Waals surface area contributed by atoms with Gasteiger partial charge in [0.05, 0.1) is 27.0 Å². The van der Waals surface area contributed by atoms with Crippen molar-refractivity contribution < 1.29 is 4.79 Å². The third-order valence-electron chi connectivity index (χ3n) is 2.46. The average Bonchev–Trinajstić information content (AvgIpc) is 2.50. The molecule has 0 unspecified atom stereocenters. The number of thioether (sulfide) groups is 1. The summed E-state index contributed by atoms with van der Waals surface area (Å²) < 4.78 is 0. The molecule has 1 aromatic carbocycles. The first-order chi connectivity index (χ1) is 10.1. The second-order valence-electron chi connectivity index (χ2n) is 3.91. The van der Waals surface area contributed by atoms with E-state index in [4.69, 9.17) is 28.5 Å². The monoisotopic (exact) mass is 337 g/mol. The van der Waals surface area contributed by atoms with Crippen LogP contribution >= 0.6 is 35.0 Å². The number of nitrogens with one attached hydrogen (secondary N) is 1. The fourth-order valence-electron chi connectivity index (χ4n) is 1.51. The first-order valence-electron chi connectivity index (χ1n) is 5.83. The maximum Gasteiger partial charge on any atom is 0.234 e. The van der Waals surface area contributed by atoms with Gasteiger partial charge in [0, 0.05) is 6.20 Å². The highest BCUT2D eigenvalue weighted by Crippen LogP contribution is 2.29. The Kier molecular flexibility index (Phi) is 5.45. The van der Waals surface area contributed by atoms with Crippen molar-refractivity contribution in [3.05, 3.63) is 52.1 Å². The lowest BCUT2D eigenvalue weighted by Crippen LogP contribution is -2.14. The van der Waals surface area contributed by atoms with E-state index in [9.17, 15) is 4.79 Å². The minimum atomic E-state index is -0.251. The second kappa shape index (κ2) is 7.32. The Morgan fingerprint density at radius 1 is 1.33 bits per heavy atom. The summed E-state index contributed by atoms with van der Waals surface area (Å²) in [6, 6.07) is 10.4. The van der Waals surface area contributed by atoms with E-state index in [1.54, 1.807) is 36.5 Å². The number of carbonyl (C=O) groups excluding carboxylic acids is 1. The maximum atomic E-state index is 11.9. The SMILES string of the molecule is N#Cc1cccnc1SCC(=O)Nc1cccc(Cl)c1Cl. The predicted octanol–water partition coefficient (Wildman–Crippen LogP) is 3.99. The first-order valence-corrected chi connectivity index (χ1v) is 7.57. The fourth-order valence-corrected chi connectivity index (χ4v) is 2.60. The fraction of sp³-hybridized carbons (Fsp3) is 0.0714. The molecule has 2 aromatic rings. The third-order valence-corrected chi connectivity index (χ3v) is 4.28. The molecule has 1 amide bonds.